The van der Waals surface area contributed by atoms with Gasteiger partial charge >= 0.3 is 0 Å². The molecule has 0 amide bonds. The molecule has 1 fully saturated rings. The van der Waals surface area contributed by atoms with Gasteiger partial charge in [0.1, 0.15) is 0 Å². The molecule has 0 atom stereocenters. The molecule has 1 aliphatic rings. The highest BCUT2D eigenvalue weighted by Gasteiger charge is 2.22. The normalized spacial score (nSPS) is 13.5. The maximum Gasteiger partial charge on any atom is 0.213 e. The molecule has 0 spiro atoms. The Morgan fingerprint density at radius 1 is 1.19 bits per heavy atom. The number of guanidine groups is 1. The lowest BCUT2D eigenvalue weighted by molar-refractivity contribution is 0.288. The number of hydrogen-bond donors (Lipinski definition) is 2. The van der Waals surface area contributed by atoms with Gasteiger partial charge in [-0.3, -0.25) is 0 Å². The fraction of sp³-hybridized carbons (Fsp3) is 0.368. The van der Waals surface area contributed by atoms with Crippen LogP contribution in [0.15, 0.2) is 41.5 Å². The highest BCUT2D eigenvalue weighted by atomic mass is 127. The van der Waals surface area contributed by atoms with Crippen molar-refractivity contribution < 1.29 is 14.2 Å². The van der Waals surface area contributed by atoms with Crippen LogP contribution in [0, 0.1) is 5.92 Å². The van der Waals surface area contributed by atoms with Crippen LogP contribution in [0.5, 0.6) is 17.4 Å². The number of nitrogens with two attached hydrogens (primary N) is 1. The van der Waals surface area contributed by atoms with Gasteiger partial charge < -0.3 is 25.3 Å². The Balaban J connectivity index is 0.00000261. The number of pyridine rings is 1. The number of hydrogen-bond acceptors (Lipinski definition) is 5. The zero-order valence-electron chi connectivity index (χ0n) is 15.5. The summed E-state index contributed by atoms with van der Waals surface area (Å²) >= 11 is 0. The van der Waals surface area contributed by atoms with E-state index in [1.54, 1.807) is 32.5 Å². The molecule has 0 saturated heterocycles. The fourth-order valence-corrected chi connectivity index (χ4v) is 2.39. The minimum atomic E-state index is 0. The molecular weight excluding hydrogens is 459 g/mol. The van der Waals surface area contributed by atoms with Gasteiger partial charge in [-0.2, -0.15) is 0 Å². The van der Waals surface area contributed by atoms with Gasteiger partial charge in [0.05, 0.1) is 27.4 Å². The summed E-state index contributed by atoms with van der Waals surface area (Å²) in [4.78, 5) is 8.59. The molecule has 0 unspecified atom stereocenters. The predicted octanol–water partition coefficient (Wildman–Crippen LogP) is 3.43. The lowest BCUT2D eigenvalue weighted by Gasteiger charge is -2.11. The summed E-state index contributed by atoms with van der Waals surface area (Å²) in [7, 11) is 3.18. The highest BCUT2D eigenvalue weighted by Crippen LogP contribution is 2.30. The van der Waals surface area contributed by atoms with Crippen molar-refractivity contribution in [3.63, 3.8) is 0 Å². The van der Waals surface area contributed by atoms with Crippen LogP contribution >= 0.6 is 24.0 Å². The number of ether oxygens (including phenoxy) is 3. The first-order chi connectivity index (χ1) is 12.7. The Hall–Kier alpha value is -2.23. The fourth-order valence-electron chi connectivity index (χ4n) is 2.39. The number of nitrogens with one attached hydrogen (secondary N) is 1. The quantitative estimate of drug-likeness (QED) is 0.339. The number of halogens is 1. The summed E-state index contributed by atoms with van der Waals surface area (Å²) in [5.41, 5.74) is 7.74. The molecule has 8 heteroatoms. The third-order valence-electron chi connectivity index (χ3n) is 4.05. The molecule has 0 radical (unpaired) electrons. The molecule has 2 aromatic rings. The maximum atomic E-state index is 5.98. The number of aromatic nitrogens is 1. The monoisotopic (exact) mass is 484 g/mol. The second kappa shape index (κ2) is 10.2. The van der Waals surface area contributed by atoms with Crippen LogP contribution in [-0.4, -0.2) is 31.8 Å². The maximum absolute atomic E-state index is 5.98. The van der Waals surface area contributed by atoms with Crippen LogP contribution in [0.1, 0.15) is 18.4 Å². The molecule has 1 saturated carbocycles. The lowest BCUT2D eigenvalue weighted by atomic mass is 10.2. The molecule has 1 aromatic carbocycles. The first-order valence-corrected chi connectivity index (χ1v) is 8.54. The average molecular weight is 484 g/mol. The SMILES string of the molecule is COc1ccc(NC(N)=NCc2ccnc(OCC3CC3)c2)cc1OC.I. The van der Waals surface area contributed by atoms with Crippen molar-refractivity contribution in [1.29, 1.82) is 0 Å². The molecule has 0 bridgehead atoms. The van der Waals surface area contributed by atoms with Crippen LogP contribution in [0.2, 0.25) is 0 Å². The molecule has 3 rings (SSSR count). The first-order valence-electron chi connectivity index (χ1n) is 8.54. The molecule has 7 nitrogen and oxygen atoms in total. The zero-order chi connectivity index (χ0) is 18.4. The molecule has 1 aliphatic carbocycles. The largest absolute Gasteiger partial charge is 0.493 e. The number of nitrogens with zero attached hydrogens (tertiary/aromatic N) is 2. The Morgan fingerprint density at radius 3 is 2.67 bits per heavy atom. The molecule has 1 heterocycles. The average Bonchev–Trinajstić information content (AvgIpc) is 3.49. The predicted molar refractivity (Wildman–Crippen MR) is 116 cm³/mol. The zero-order valence-corrected chi connectivity index (χ0v) is 17.8. The van der Waals surface area contributed by atoms with E-state index in [-0.39, 0.29) is 24.0 Å². The van der Waals surface area contributed by atoms with Gasteiger partial charge in [-0.15, -0.1) is 24.0 Å². The van der Waals surface area contributed by atoms with Gasteiger partial charge in [0.25, 0.3) is 0 Å². The van der Waals surface area contributed by atoms with E-state index in [4.69, 9.17) is 19.9 Å². The number of anilines is 1. The second-order valence-electron chi connectivity index (χ2n) is 6.15. The molecule has 146 valence electrons. The summed E-state index contributed by atoms with van der Waals surface area (Å²) in [6.07, 6.45) is 4.23. The minimum absolute atomic E-state index is 0. The Labute approximate surface area is 176 Å². The third kappa shape index (κ3) is 6.46. The molecule has 27 heavy (non-hydrogen) atoms. The summed E-state index contributed by atoms with van der Waals surface area (Å²) in [5, 5.41) is 3.05. The van der Waals surface area contributed by atoms with Gasteiger partial charge in [0.15, 0.2) is 17.5 Å². The first kappa shape index (κ1) is 21.1. The van der Waals surface area contributed by atoms with Gasteiger partial charge in [0.2, 0.25) is 5.88 Å². The second-order valence-corrected chi connectivity index (χ2v) is 6.15. The van der Waals surface area contributed by atoms with Crippen molar-refractivity contribution in [3.8, 4) is 17.4 Å². The van der Waals surface area contributed by atoms with Crippen molar-refractivity contribution in [3.05, 3.63) is 42.1 Å². The van der Waals surface area contributed by atoms with Crippen LogP contribution in [0.4, 0.5) is 5.69 Å². The van der Waals surface area contributed by atoms with Gasteiger partial charge in [-0.05, 0) is 42.5 Å². The summed E-state index contributed by atoms with van der Waals surface area (Å²) in [5.74, 6) is 2.92. The van der Waals surface area contributed by atoms with E-state index in [1.165, 1.54) is 12.8 Å². The molecular formula is C19H25IN4O3. The van der Waals surface area contributed by atoms with E-state index in [0.717, 1.165) is 17.9 Å². The number of benzene rings is 1. The molecule has 0 aliphatic heterocycles. The Kier molecular flexibility index (Phi) is 7.96. The summed E-state index contributed by atoms with van der Waals surface area (Å²) in [6.45, 7) is 1.18. The number of aliphatic imine (C=N–C) groups is 1. The van der Waals surface area contributed by atoms with E-state index in [2.05, 4.69) is 15.3 Å². The molecule has 3 N–H and O–H groups in total. The van der Waals surface area contributed by atoms with Crippen molar-refractivity contribution >= 4 is 35.6 Å². The van der Waals surface area contributed by atoms with Crippen molar-refractivity contribution in [1.82, 2.24) is 4.98 Å². The van der Waals surface area contributed by atoms with Gasteiger partial charge in [-0.25, -0.2) is 9.98 Å². The summed E-state index contributed by atoms with van der Waals surface area (Å²) in [6, 6.07) is 9.25. The van der Waals surface area contributed by atoms with Crippen molar-refractivity contribution in [2.75, 3.05) is 26.1 Å². The number of rotatable bonds is 8. The van der Waals surface area contributed by atoms with E-state index in [0.29, 0.717) is 35.8 Å². The third-order valence-corrected chi connectivity index (χ3v) is 4.05. The van der Waals surface area contributed by atoms with Crippen molar-refractivity contribution in [2.45, 2.75) is 19.4 Å². The van der Waals surface area contributed by atoms with Crippen LogP contribution in [0.3, 0.4) is 0 Å². The van der Waals surface area contributed by atoms with E-state index in [1.807, 2.05) is 18.2 Å². The van der Waals surface area contributed by atoms with Gasteiger partial charge in [0, 0.05) is 24.0 Å². The van der Waals surface area contributed by atoms with E-state index >= 15 is 0 Å². The molecule has 1 aromatic heterocycles. The van der Waals surface area contributed by atoms with Gasteiger partial charge in [-0.1, -0.05) is 0 Å². The Bertz CT molecular complexity index is 781. The lowest BCUT2D eigenvalue weighted by Crippen LogP contribution is -2.22. The van der Waals surface area contributed by atoms with E-state index in [9.17, 15) is 0 Å². The standard InChI is InChI=1S/C19H24N4O3.HI/c1-24-16-6-5-15(10-17(16)25-2)23-19(20)22-11-14-7-8-21-18(9-14)26-12-13-3-4-13;/h5-10,13H,3-4,11-12H2,1-2H3,(H3,20,22,23);1H. The highest BCUT2D eigenvalue weighted by molar-refractivity contribution is 14.0. The summed E-state index contributed by atoms with van der Waals surface area (Å²) < 4.78 is 16.2. The van der Waals surface area contributed by atoms with E-state index < -0.39 is 0 Å². The van der Waals surface area contributed by atoms with Crippen LogP contribution in [0.25, 0.3) is 0 Å². The Morgan fingerprint density at radius 2 is 1.96 bits per heavy atom. The minimum Gasteiger partial charge on any atom is -0.493 e. The smallest absolute Gasteiger partial charge is 0.213 e. The topological polar surface area (TPSA) is 91.0 Å². The number of methoxy groups -OCH3 is 2. The van der Waals surface area contributed by atoms with Crippen LogP contribution < -0.4 is 25.3 Å². The van der Waals surface area contributed by atoms with Crippen molar-refractivity contribution in [2.24, 2.45) is 16.6 Å². The van der Waals surface area contributed by atoms with Crippen LogP contribution in [-0.2, 0) is 6.54 Å².